The Morgan fingerprint density at radius 2 is 1.92 bits per heavy atom. The van der Waals surface area contributed by atoms with Gasteiger partial charge in [-0.2, -0.15) is 4.31 Å². The number of amides is 1. The van der Waals surface area contributed by atoms with Crippen molar-refractivity contribution in [2.24, 2.45) is 5.92 Å². The van der Waals surface area contributed by atoms with Gasteiger partial charge in [-0.25, -0.2) is 13.4 Å². The van der Waals surface area contributed by atoms with Crippen LogP contribution in [0.4, 0.5) is 5.13 Å². The lowest BCUT2D eigenvalue weighted by Crippen LogP contribution is -2.38. The van der Waals surface area contributed by atoms with Crippen LogP contribution >= 0.6 is 11.3 Å². The highest BCUT2D eigenvalue weighted by Crippen LogP contribution is 2.33. The predicted octanol–water partition coefficient (Wildman–Crippen LogP) is 4.55. The highest BCUT2D eigenvalue weighted by Gasteiger charge is 2.30. The molecule has 2 saturated heterocycles. The molecule has 3 aromatic rings. The number of hydrogen-bond donors (Lipinski definition) is 0. The molecule has 1 atom stereocenters. The van der Waals surface area contributed by atoms with Gasteiger partial charge in [0.1, 0.15) is 5.75 Å². The van der Waals surface area contributed by atoms with Crippen molar-refractivity contribution >= 4 is 42.6 Å². The van der Waals surface area contributed by atoms with Crippen molar-refractivity contribution in [3.05, 3.63) is 48.0 Å². The van der Waals surface area contributed by atoms with E-state index in [1.54, 1.807) is 28.4 Å². The molecule has 1 unspecified atom stereocenters. The Balaban J connectivity index is 1.41. The summed E-state index contributed by atoms with van der Waals surface area (Å²) in [7, 11) is -1.97. The van der Waals surface area contributed by atoms with E-state index in [-0.39, 0.29) is 16.9 Å². The first-order chi connectivity index (χ1) is 17.3. The summed E-state index contributed by atoms with van der Waals surface area (Å²) in [5, 5.41) is 0.581. The van der Waals surface area contributed by atoms with E-state index in [4.69, 9.17) is 14.5 Å². The second kappa shape index (κ2) is 10.5. The highest BCUT2D eigenvalue weighted by molar-refractivity contribution is 7.89. The fourth-order valence-corrected chi connectivity index (χ4v) is 7.10. The van der Waals surface area contributed by atoms with Gasteiger partial charge in [-0.1, -0.05) is 18.3 Å². The number of aromatic nitrogens is 1. The van der Waals surface area contributed by atoms with Crippen LogP contribution in [0.1, 0.15) is 43.0 Å². The van der Waals surface area contributed by atoms with Gasteiger partial charge in [0, 0.05) is 31.3 Å². The zero-order valence-electron chi connectivity index (χ0n) is 20.6. The Labute approximate surface area is 215 Å². The second-order valence-electron chi connectivity index (χ2n) is 9.49. The number of rotatable bonds is 7. The third-order valence-corrected chi connectivity index (χ3v) is 9.92. The van der Waals surface area contributed by atoms with E-state index in [0.717, 1.165) is 35.9 Å². The van der Waals surface area contributed by atoms with E-state index < -0.39 is 10.0 Å². The first-order valence-corrected chi connectivity index (χ1v) is 14.6. The van der Waals surface area contributed by atoms with Crippen LogP contribution in [0.2, 0.25) is 0 Å². The quantitative estimate of drug-likeness (QED) is 0.446. The molecule has 192 valence electrons. The number of methoxy groups -OCH3 is 1. The SMILES string of the molecule is COc1ccc2sc(N(CC3CCCO3)C(=O)c3ccc(S(=O)(=O)N4CCC(C)CC4)cc3)nc2c1. The standard InChI is InChI=1S/C26H31N3O5S2/c1-18-11-13-28(14-12-18)36(31,32)22-8-5-19(6-9-22)25(30)29(17-21-4-3-15-34-21)26-27-23-16-20(33-2)7-10-24(23)35-26/h5-10,16,18,21H,3-4,11-15,17H2,1-2H3. The molecule has 0 radical (unpaired) electrons. The van der Waals surface area contributed by atoms with E-state index in [1.807, 2.05) is 18.2 Å². The van der Waals surface area contributed by atoms with Crippen molar-refractivity contribution in [2.75, 3.05) is 38.3 Å². The normalized spacial score (nSPS) is 19.6. The number of fused-ring (bicyclic) bond motifs is 1. The number of sulfonamides is 1. The summed E-state index contributed by atoms with van der Waals surface area (Å²) in [6.07, 6.45) is 3.51. The van der Waals surface area contributed by atoms with Crippen LogP contribution in [0.3, 0.4) is 0 Å². The molecule has 36 heavy (non-hydrogen) atoms. The Kier molecular flexibility index (Phi) is 7.30. The minimum absolute atomic E-state index is 0.0587. The molecule has 8 nitrogen and oxygen atoms in total. The molecule has 3 heterocycles. The smallest absolute Gasteiger partial charge is 0.260 e. The van der Waals surface area contributed by atoms with E-state index in [2.05, 4.69) is 6.92 Å². The van der Waals surface area contributed by atoms with E-state index in [1.165, 1.54) is 23.5 Å². The van der Waals surface area contributed by atoms with Gasteiger partial charge in [-0.15, -0.1) is 0 Å². The predicted molar refractivity (Wildman–Crippen MR) is 140 cm³/mol. The molecule has 2 aliphatic heterocycles. The molecule has 0 saturated carbocycles. The molecule has 10 heteroatoms. The number of carbonyl (C=O) groups is 1. The molecule has 0 bridgehead atoms. The van der Waals surface area contributed by atoms with E-state index in [9.17, 15) is 13.2 Å². The first-order valence-electron chi connectivity index (χ1n) is 12.3. The zero-order valence-corrected chi connectivity index (χ0v) is 22.2. The van der Waals surface area contributed by atoms with Crippen molar-refractivity contribution in [2.45, 2.75) is 43.6 Å². The van der Waals surface area contributed by atoms with Gasteiger partial charge in [0.05, 0.1) is 34.9 Å². The number of hydrogen-bond acceptors (Lipinski definition) is 7. The summed E-state index contributed by atoms with van der Waals surface area (Å²) in [5.41, 5.74) is 1.17. The first kappa shape index (κ1) is 25.1. The third kappa shape index (κ3) is 5.13. The monoisotopic (exact) mass is 529 g/mol. The molecule has 2 aromatic carbocycles. The Morgan fingerprint density at radius 3 is 2.58 bits per heavy atom. The highest BCUT2D eigenvalue weighted by atomic mass is 32.2. The molecule has 0 N–H and O–H groups in total. The second-order valence-corrected chi connectivity index (χ2v) is 12.4. The lowest BCUT2D eigenvalue weighted by Gasteiger charge is -2.29. The number of carbonyl (C=O) groups excluding carboxylic acids is 1. The summed E-state index contributed by atoms with van der Waals surface area (Å²) in [5.74, 6) is 1.01. The Morgan fingerprint density at radius 1 is 1.17 bits per heavy atom. The van der Waals surface area contributed by atoms with Gasteiger partial charge < -0.3 is 9.47 Å². The number of nitrogens with zero attached hydrogens (tertiary/aromatic N) is 3. The van der Waals surface area contributed by atoms with Crippen LogP contribution in [0, 0.1) is 5.92 Å². The van der Waals surface area contributed by atoms with Crippen LogP contribution in [-0.2, 0) is 14.8 Å². The molecule has 1 amide bonds. The van der Waals surface area contributed by atoms with Crippen molar-refractivity contribution in [1.82, 2.24) is 9.29 Å². The molecule has 1 aromatic heterocycles. The Bertz CT molecular complexity index is 1330. The third-order valence-electron chi connectivity index (χ3n) is 6.95. The summed E-state index contributed by atoms with van der Waals surface area (Å²) < 4.78 is 39.8. The number of anilines is 1. The minimum Gasteiger partial charge on any atom is -0.497 e. The van der Waals surface area contributed by atoms with Gasteiger partial charge in [0.2, 0.25) is 10.0 Å². The number of ether oxygens (including phenoxy) is 2. The molecule has 2 aliphatic rings. The molecular formula is C26H31N3O5S2. The maximum atomic E-state index is 13.7. The average molecular weight is 530 g/mol. The summed E-state index contributed by atoms with van der Waals surface area (Å²) >= 11 is 1.44. The average Bonchev–Trinajstić information content (AvgIpc) is 3.56. The summed E-state index contributed by atoms with van der Waals surface area (Å²) in [4.78, 5) is 20.3. The van der Waals surface area contributed by atoms with Gasteiger partial charge in [0.25, 0.3) is 5.91 Å². The van der Waals surface area contributed by atoms with Crippen LogP contribution in [-0.4, -0.2) is 63.1 Å². The molecule has 5 rings (SSSR count). The molecule has 0 aliphatic carbocycles. The van der Waals surface area contributed by atoms with E-state index >= 15 is 0 Å². The maximum absolute atomic E-state index is 13.7. The van der Waals surface area contributed by atoms with Gasteiger partial charge in [0.15, 0.2) is 5.13 Å². The van der Waals surface area contributed by atoms with Crippen molar-refractivity contribution in [1.29, 1.82) is 0 Å². The fourth-order valence-electron chi connectivity index (χ4n) is 4.68. The van der Waals surface area contributed by atoms with Gasteiger partial charge >= 0.3 is 0 Å². The van der Waals surface area contributed by atoms with Crippen molar-refractivity contribution in [3.8, 4) is 5.75 Å². The number of piperidine rings is 1. The molecular weight excluding hydrogens is 498 g/mol. The topological polar surface area (TPSA) is 89.0 Å². The van der Waals surface area contributed by atoms with Crippen LogP contribution in [0.5, 0.6) is 5.75 Å². The van der Waals surface area contributed by atoms with Crippen LogP contribution in [0.15, 0.2) is 47.4 Å². The number of thiazole rings is 1. The lowest BCUT2D eigenvalue weighted by atomic mass is 10.0. The largest absolute Gasteiger partial charge is 0.497 e. The maximum Gasteiger partial charge on any atom is 0.260 e. The summed E-state index contributed by atoms with van der Waals surface area (Å²) in [6.45, 7) is 4.28. The van der Waals surface area contributed by atoms with E-state index in [0.29, 0.717) is 48.6 Å². The van der Waals surface area contributed by atoms with Gasteiger partial charge in [-0.3, -0.25) is 9.69 Å². The molecule has 0 spiro atoms. The fraction of sp³-hybridized carbons (Fsp3) is 0.462. The van der Waals surface area contributed by atoms with Gasteiger partial charge in [-0.05, 0) is 68.0 Å². The van der Waals surface area contributed by atoms with Crippen LogP contribution in [0.25, 0.3) is 10.2 Å². The Hall–Kier alpha value is -2.53. The zero-order chi connectivity index (χ0) is 25.3. The van der Waals surface area contributed by atoms with Crippen molar-refractivity contribution < 1.29 is 22.7 Å². The summed E-state index contributed by atoms with van der Waals surface area (Å²) in [6, 6.07) is 11.9. The minimum atomic E-state index is -3.58. The lowest BCUT2D eigenvalue weighted by molar-refractivity contribution is 0.0917. The molecule has 2 fully saturated rings. The van der Waals surface area contributed by atoms with Crippen molar-refractivity contribution in [3.63, 3.8) is 0 Å². The number of benzene rings is 2. The van der Waals surface area contributed by atoms with Crippen LogP contribution < -0.4 is 9.64 Å².